The molecule has 0 saturated heterocycles. The number of para-hydroxylation sites is 2. The molecule has 4 heterocycles. The van der Waals surface area contributed by atoms with Gasteiger partial charge >= 0.3 is 6.85 Å². The highest BCUT2D eigenvalue weighted by atomic mass is 15.3. The summed E-state index contributed by atoms with van der Waals surface area (Å²) in [5, 5.41) is 0. The van der Waals surface area contributed by atoms with E-state index in [2.05, 4.69) is 192 Å². The summed E-state index contributed by atoms with van der Waals surface area (Å²) in [7, 11) is 0. The second-order valence-corrected chi connectivity index (χ2v) is 21.5. The maximum absolute atomic E-state index is 2.94. The van der Waals surface area contributed by atoms with Crippen LogP contribution in [0, 0.1) is 0 Å². The SMILES string of the molecule is CC(C)(C)c1cc2c3c(c1)C1(C)CCCCC1(C)N3c1cc3c(c4c1B2N1c2ccccc2C2(c5ccccc5-c5ccccc52)c2cccc-4c21)-c1ccccc1C3(C)C. The van der Waals surface area contributed by atoms with E-state index in [1.165, 1.54) is 132 Å². The molecule has 7 aromatic carbocycles. The quantitative estimate of drug-likeness (QED) is 0.141. The first-order valence-electron chi connectivity index (χ1n) is 22.9. The molecule has 0 bridgehead atoms. The fourth-order valence-corrected chi connectivity index (χ4v) is 14.5. The molecule has 296 valence electrons. The van der Waals surface area contributed by atoms with Crippen LogP contribution in [0.15, 0.2) is 133 Å². The zero-order valence-corrected chi connectivity index (χ0v) is 36.5. The van der Waals surface area contributed by atoms with Gasteiger partial charge in [-0.05, 0) is 121 Å². The minimum absolute atomic E-state index is 0.00938. The second-order valence-electron chi connectivity index (χ2n) is 21.5. The average molecular weight is 787 g/mol. The summed E-state index contributed by atoms with van der Waals surface area (Å²) in [6.45, 7) is 17.5. The number of anilines is 4. The van der Waals surface area contributed by atoms with Crippen LogP contribution < -0.4 is 20.6 Å². The molecule has 1 fully saturated rings. The molecule has 1 spiro atoms. The lowest BCUT2D eigenvalue weighted by Gasteiger charge is -2.55. The number of hydrogen-bond acceptors (Lipinski definition) is 2. The zero-order chi connectivity index (χ0) is 41.2. The Kier molecular flexibility index (Phi) is 6.17. The third kappa shape index (κ3) is 3.69. The van der Waals surface area contributed by atoms with E-state index < -0.39 is 5.41 Å². The van der Waals surface area contributed by atoms with Crippen LogP contribution in [0.4, 0.5) is 22.7 Å². The van der Waals surface area contributed by atoms with Crippen LogP contribution >= 0.6 is 0 Å². The van der Waals surface area contributed by atoms with Gasteiger partial charge in [0.05, 0.1) is 11.0 Å². The molecule has 7 aliphatic rings. The zero-order valence-electron chi connectivity index (χ0n) is 36.5. The molecule has 14 rings (SSSR count). The van der Waals surface area contributed by atoms with Gasteiger partial charge in [0, 0.05) is 39.1 Å². The molecule has 7 aromatic rings. The average Bonchev–Trinajstić information content (AvgIpc) is 3.77. The smallest absolute Gasteiger partial charge is 0.333 e. The molecular weight excluding hydrogens is 735 g/mol. The molecule has 3 heteroatoms. The third-order valence-electron chi connectivity index (χ3n) is 17.5. The monoisotopic (exact) mass is 786 g/mol. The minimum atomic E-state index is -0.465. The molecule has 4 aliphatic heterocycles. The predicted octanol–water partition coefficient (Wildman–Crippen LogP) is 12.9. The van der Waals surface area contributed by atoms with Gasteiger partial charge in [0.15, 0.2) is 0 Å². The van der Waals surface area contributed by atoms with Gasteiger partial charge in [-0.15, -0.1) is 0 Å². The molecule has 1 saturated carbocycles. The Morgan fingerprint density at radius 2 is 1.11 bits per heavy atom. The maximum Gasteiger partial charge on any atom is 0.333 e. The summed E-state index contributed by atoms with van der Waals surface area (Å²) in [5.41, 5.74) is 27.8. The van der Waals surface area contributed by atoms with Crippen molar-refractivity contribution < 1.29 is 0 Å². The fourth-order valence-electron chi connectivity index (χ4n) is 14.5. The van der Waals surface area contributed by atoms with Crippen molar-refractivity contribution in [2.45, 2.75) is 101 Å². The Morgan fingerprint density at radius 3 is 1.84 bits per heavy atom. The van der Waals surface area contributed by atoms with E-state index in [1.54, 1.807) is 5.56 Å². The molecule has 2 nitrogen and oxygen atoms in total. The summed E-state index contributed by atoms with van der Waals surface area (Å²) >= 11 is 0. The van der Waals surface area contributed by atoms with Crippen molar-refractivity contribution in [1.29, 1.82) is 0 Å². The lowest BCUT2D eigenvalue weighted by atomic mass is 9.41. The summed E-state index contributed by atoms with van der Waals surface area (Å²) < 4.78 is 0. The first-order chi connectivity index (χ1) is 29.4. The Morgan fingerprint density at radius 1 is 0.508 bits per heavy atom. The molecule has 0 N–H and O–H groups in total. The summed E-state index contributed by atoms with van der Waals surface area (Å²) in [5.74, 6) is 0. The van der Waals surface area contributed by atoms with Crippen LogP contribution in [-0.2, 0) is 21.7 Å². The highest BCUT2D eigenvalue weighted by molar-refractivity contribution is 6.94. The Hall–Kier alpha value is -5.80. The van der Waals surface area contributed by atoms with Gasteiger partial charge in [-0.2, -0.15) is 0 Å². The van der Waals surface area contributed by atoms with E-state index in [-0.39, 0.29) is 28.6 Å². The van der Waals surface area contributed by atoms with Crippen LogP contribution in [0.1, 0.15) is 119 Å². The summed E-state index contributed by atoms with van der Waals surface area (Å²) in [6, 6.07) is 52.8. The molecule has 0 radical (unpaired) electrons. The Labute approximate surface area is 361 Å². The van der Waals surface area contributed by atoms with E-state index in [4.69, 9.17) is 0 Å². The molecule has 2 unspecified atom stereocenters. The highest BCUT2D eigenvalue weighted by Crippen LogP contribution is 2.68. The summed E-state index contributed by atoms with van der Waals surface area (Å²) in [4.78, 5) is 5.79. The predicted molar refractivity (Wildman–Crippen MR) is 255 cm³/mol. The number of nitrogens with zero attached hydrogens (tertiary/aromatic N) is 2. The van der Waals surface area contributed by atoms with Crippen LogP contribution in [0.25, 0.3) is 33.4 Å². The van der Waals surface area contributed by atoms with E-state index in [9.17, 15) is 0 Å². The van der Waals surface area contributed by atoms with Crippen molar-refractivity contribution in [3.05, 3.63) is 178 Å². The molecule has 61 heavy (non-hydrogen) atoms. The lowest BCUT2D eigenvalue weighted by molar-refractivity contribution is 0.195. The van der Waals surface area contributed by atoms with E-state index in [0.717, 1.165) is 0 Å². The van der Waals surface area contributed by atoms with E-state index >= 15 is 0 Å². The highest BCUT2D eigenvalue weighted by Gasteiger charge is 2.64. The van der Waals surface area contributed by atoms with E-state index in [0.29, 0.717) is 0 Å². The third-order valence-corrected chi connectivity index (χ3v) is 17.5. The van der Waals surface area contributed by atoms with Gasteiger partial charge in [0.2, 0.25) is 0 Å². The van der Waals surface area contributed by atoms with Gasteiger partial charge < -0.3 is 9.71 Å². The van der Waals surface area contributed by atoms with Gasteiger partial charge in [0.25, 0.3) is 0 Å². The van der Waals surface area contributed by atoms with Crippen LogP contribution in [0.5, 0.6) is 0 Å². The fraction of sp³-hybridized carbons (Fsp3) is 0.276. The van der Waals surface area contributed by atoms with Crippen molar-refractivity contribution >= 4 is 40.5 Å². The van der Waals surface area contributed by atoms with Crippen LogP contribution in [0.2, 0.25) is 0 Å². The normalized spacial score (nSPS) is 22.7. The molecule has 0 amide bonds. The Bertz CT molecular complexity index is 3140. The van der Waals surface area contributed by atoms with Crippen molar-refractivity contribution in [3.8, 4) is 33.4 Å². The van der Waals surface area contributed by atoms with Crippen molar-refractivity contribution in [3.63, 3.8) is 0 Å². The summed E-state index contributed by atoms with van der Waals surface area (Å²) in [6.07, 6.45) is 4.95. The largest absolute Gasteiger partial charge is 0.376 e. The van der Waals surface area contributed by atoms with E-state index in [1.807, 2.05) is 0 Å². The standard InChI is InChI=1S/C58H51BN2/c1-54(2,3)34-31-45-53-46(32-34)59-51-48(60(53)57(7)30-17-16-29-56(45,57)6)33-44-49(37-21-10-11-23-39(37)55(44,4)5)50(51)38-22-18-27-43-52(38)61(59)47-28-15-14-26-42(47)58(43)40-24-12-8-19-35(40)36-20-9-13-25-41(36)58/h8-15,18-28,31-33H,16-17,29-30H2,1-7H3. The van der Waals surface area contributed by atoms with Gasteiger partial charge in [-0.3, -0.25) is 0 Å². The first-order valence-corrected chi connectivity index (χ1v) is 22.9. The van der Waals surface area contributed by atoms with Crippen molar-refractivity contribution in [2.75, 3.05) is 9.71 Å². The number of fused-ring (bicyclic) bond motifs is 20. The van der Waals surface area contributed by atoms with Gasteiger partial charge in [0.1, 0.15) is 0 Å². The van der Waals surface area contributed by atoms with Crippen LogP contribution in [-0.4, -0.2) is 12.4 Å². The number of rotatable bonds is 0. The van der Waals surface area contributed by atoms with Crippen molar-refractivity contribution in [1.82, 2.24) is 0 Å². The maximum atomic E-state index is 2.94. The topological polar surface area (TPSA) is 6.48 Å². The van der Waals surface area contributed by atoms with Gasteiger partial charge in [-0.1, -0.05) is 176 Å². The molecule has 0 aromatic heterocycles. The Balaban J connectivity index is 1.21. The molecule has 3 aliphatic carbocycles. The van der Waals surface area contributed by atoms with Gasteiger partial charge in [-0.25, -0.2) is 0 Å². The minimum Gasteiger partial charge on any atom is -0.376 e. The second kappa shape index (κ2) is 10.8. The molecular formula is C58H51BN2. The van der Waals surface area contributed by atoms with Crippen molar-refractivity contribution in [2.24, 2.45) is 0 Å². The first kappa shape index (κ1) is 34.9. The molecule has 2 atom stereocenters. The number of benzene rings is 7. The lowest BCUT2D eigenvalue weighted by Crippen LogP contribution is -2.66. The number of hydrogen-bond donors (Lipinski definition) is 0. The van der Waals surface area contributed by atoms with Crippen LogP contribution in [0.3, 0.4) is 0 Å².